The van der Waals surface area contributed by atoms with Crippen molar-refractivity contribution in [3.8, 4) is 5.69 Å². The Morgan fingerprint density at radius 2 is 2.05 bits per heavy atom. The van der Waals surface area contributed by atoms with Gasteiger partial charge in [0.2, 0.25) is 5.91 Å². The van der Waals surface area contributed by atoms with Gasteiger partial charge in [0, 0.05) is 19.3 Å². The van der Waals surface area contributed by atoms with Gasteiger partial charge in [0.25, 0.3) is 0 Å². The molecular weight excluding hydrogens is 270 g/mol. The number of hydrogen-bond donors (Lipinski definition) is 1. The van der Waals surface area contributed by atoms with Crippen LogP contribution in [-0.4, -0.2) is 35.9 Å². The van der Waals surface area contributed by atoms with Crippen molar-refractivity contribution in [2.45, 2.75) is 6.42 Å². The Kier molecular flexibility index (Phi) is 3.42. The summed E-state index contributed by atoms with van der Waals surface area (Å²) in [6, 6.07) is 9.21. The number of tetrazole rings is 1. The van der Waals surface area contributed by atoms with Crippen LogP contribution in [0, 0.1) is 0 Å². The molecule has 106 valence electrons. The van der Waals surface area contributed by atoms with Gasteiger partial charge in [-0.25, -0.2) is 4.68 Å². The number of rotatable bonds is 4. The molecule has 21 heavy (non-hydrogen) atoms. The van der Waals surface area contributed by atoms with Crippen LogP contribution in [0.15, 0.2) is 42.9 Å². The summed E-state index contributed by atoms with van der Waals surface area (Å²) in [5, 5.41) is 17.8. The van der Waals surface area contributed by atoms with Gasteiger partial charge < -0.3 is 5.32 Å². The summed E-state index contributed by atoms with van der Waals surface area (Å²) in [5.41, 5.74) is 1.74. The lowest BCUT2D eigenvalue weighted by molar-refractivity contribution is -0.115. The maximum absolute atomic E-state index is 11.9. The van der Waals surface area contributed by atoms with Crippen molar-refractivity contribution in [1.29, 1.82) is 0 Å². The predicted octanol–water partition coefficient (Wildman–Crippen LogP) is 0.577. The zero-order chi connectivity index (χ0) is 14.7. The molecule has 1 amide bonds. The molecule has 0 fully saturated rings. The minimum atomic E-state index is -0.108. The van der Waals surface area contributed by atoms with Crippen molar-refractivity contribution in [1.82, 2.24) is 30.0 Å². The summed E-state index contributed by atoms with van der Waals surface area (Å²) >= 11 is 0. The van der Waals surface area contributed by atoms with Crippen LogP contribution >= 0.6 is 0 Å². The molecule has 1 aromatic carbocycles. The molecule has 3 aromatic rings. The molecule has 0 saturated heterocycles. The Hall–Kier alpha value is -3.03. The molecule has 3 rings (SSSR count). The lowest BCUT2D eigenvalue weighted by Crippen LogP contribution is -2.15. The summed E-state index contributed by atoms with van der Waals surface area (Å²) in [6.45, 7) is 0. The minimum Gasteiger partial charge on any atom is -0.309 e. The lowest BCUT2D eigenvalue weighted by atomic mass is 10.1. The third kappa shape index (κ3) is 3.11. The van der Waals surface area contributed by atoms with Crippen molar-refractivity contribution in [2.24, 2.45) is 7.05 Å². The molecule has 0 atom stereocenters. The number of amides is 1. The van der Waals surface area contributed by atoms with E-state index in [1.54, 1.807) is 28.7 Å². The van der Waals surface area contributed by atoms with Gasteiger partial charge in [-0.15, -0.1) is 5.10 Å². The maximum atomic E-state index is 11.9. The smallest absolute Gasteiger partial charge is 0.229 e. The van der Waals surface area contributed by atoms with Gasteiger partial charge in [0.15, 0.2) is 5.82 Å². The molecule has 0 unspecified atom stereocenters. The number of anilines is 1. The van der Waals surface area contributed by atoms with Gasteiger partial charge in [-0.2, -0.15) is 5.10 Å². The molecule has 1 N–H and O–H groups in total. The topological polar surface area (TPSA) is 90.5 Å². The summed E-state index contributed by atoms with van der Waals surface area (Å²) in [5.74, 6) is 0.441. The highest BCUT2D eigenvalue weighted by Crippen LogP contribution is 2.09. The van der Waals surface area contributed by atoms with Crippen molar-refractivity contribution < 1.29 is 4.79 Å². The van der Waals surface area contributed by atoms with E-state index in [1.165, 1.54) is 6.33 Å². The first-order valence-electron chi connectivity index (χ1n) is 6.32. The molecule has 0 saturated carbocycles. The normalized spacial score (nSPS) is 10.5. The highest BCUT2D eigenvalue weighted by atomic mass is 16.1. The van der Waals surface area contributed by atoms with Gasteiger partial charge in [-0.3, -0.25) is 9.48 Å². The standard InChI is InChI=1S/C13H13N7O/c1-19-7-6-12(16-19)15-13(21)8-10-2-4-11(5-3-10)20-9-14-17-18-20/h2-7,9H,8H2,1H3,(H,15,16,21). The van der Waals surface area contributed by atoms with E-state index in [0.29, 0.717) is 5.82 Å². The molecule has 0 aliphatic carbocycles. The van der Waals surface area contributed by atoms with Crippen molar-refractivity contribution in [3.05, 3.63) is 48.4 Å². The number of nitrogens with one attached hydrogen (secondary N) is 1. The first-order valence-corrected chi connectivity index (χ1v) is 6.32. The Morgan fingerprint density at radius 1 is 1.24 bits per heavy atom. The molecule has 0 radical (unpaired) electrons. The molecular formula is C13H13N7O. The van der Waals surface area contributed by atoms with Crippen LogP contribution in [0.5, 0.6) is 0 Å². The summed E-state index contributed by atoms with van der Waals surface area (Å²) in [7, 11) is 1.80. The van der Waals surface area contributed by atoms with Gasteiger partial charge in [0.1, 0.15) is 6.33 Å². The van der Waals surface area contributed by atoms with E-state index in [9.17, 15) is 4.79 Å². The van der Waals surface area contributed by atoms with Crippen LogP contribution in [0.3, 0.4) is 0 Å². The maximum Gasteiger partial charge on any atom is 0.229 e. The fourth-order valence-electron chi connectivity index (χ4n) is 1.90. The van der Waals surface area contributed by atoms with Gasteiger partial charge in [-0.1, -0.05) is 12.1 Å². The fourth-order valence-corrected chi connectivity index (χ4v) is 1.90. The fraction of sp³-hybridized carbons (Fsp3) is 0.154. The Balaban J connectivity index is 1.63. The lowest BCUT2D eigenvalue weighted by Gasteiger charge is -2.04. The SMILES string of the molecule is Cn1ccc(NC(=O)Cc2ccc(-n3cnnn3)cc2)n1. The molecule has 2 heterocycles. The second-order valence-electron chi connectivity index (χ2n) is 4.52. The first kappa shape index (κ1) is 13.0. The monoisotopic (exact) mass is 283 g/mol. The van der Waals surface area contributed by atoms with Gasteiger partial charge in [0.05, 0.1) is 12.1 Å². The molecule has 0 bridgehead atoms. The molecule has 8 nitrogen and oxygen atoms in total. The minimum absolute atomic E-state index is 0.108. The Morgan fingerprint density at radius 3 is 2.67 bits per heavy atom. The van der Waals surface area contributed by atoms with E-state index < -0.39 is 0 Å². The van der Waals surface area contributed by atoms with Crippen LogP contribution in [0.2, 0.25) is 0 Å². The quantitative estimate of drug-likeness (QED) is 0.756. The van der Waals surface area contributed by atoms with Crippen molar-refractivity contribution >= 4 is 11.7 Å². The molecule has 0 aliphatic rings. The highest BCUT2D eigenvalue weighted by Gasteiger charge is 2.06. The second kappa shape index (κ2) is 5.53. The van der Waals surface area contributed by atoms with Crippen LogP contribution in [0.4, 0.5) is 5.82 Å². The van der Waals surface area contributed by atoms with Gasteiger partial charge >= 0.3 is 0 Å². The Bertz CT molecular complexity index is 730. The van der Waals surface area contributed by atoms with Crippen LogP contribution < -0.4 is 5.32 Å². The molecule has 0 aliphatic heterocycles. The van der Waals surface area contributed by atoms with Crippen molar-refractivity contribution in [3.63, 3.8) is 0 Å². The van der Waals surface area contributed by atoms with E-state index in [0.717, 1.165) is 11.3 Å². The predicted molar refractivity (Wildman–Crippen MR) is 74.7 cm³/mol. The summed E-state index contributed by atoms with van der Waals surface area (Å²) < 4.78 is 3.19. The largest absolute Gasteiger partial charge is 0.309 e. The Labute approximate surface area is 120 Å². The average Bonchev–Trinajstić information content (AvgIpc) is 3.11. The third-order valence-electron chi connectivity index (χ3n) is 2.90. The van der Waals surface area contributed by atoms with E-state index >= 15 is 0 Å². The number of benzene rings is 1. The number of nitrogens with zero attached hydrogens (tertiary/aromatic N) is 6. The molecule has 2 aromatic heterocycles. The molecule has 0 spiro atoms. The van der Waals surface area contributed by atoms with Crippen molar-refractivity contribution in [2.75, 3.05) is 5.32 Å². The summed E-state index contributed by atoms with van der Waals surface area (Å²) in [4.78, 5) is 11.9. The average molecular weight is 283 g/mol. The van der Waals surface area contributed by atoms with E-state index in [2.05, 4.69) is 25.9 Å². The number of aryl methyl sites for hydroxylation is 1. The van der Waals surface area contributed by atoms with Crippen LogP contribution in [0.25, 0.3) is 5.69 Å². The summed E-state index contributed by atoms with van der Waals surface area (Å²) in [6.07, 6.45) is 3.58. The van der Waals surface area contributed by atoms with Crippen LogP contribution in [-0.2, 0) is 18.3 Å². The zero-order valence-electron chi connectivity index (χ0n) is 11.3. The first-order chi connectivity index (χ1) is 10.2. The second-order valence-corrected chi connectivity index (χ2v) is 4.52. The van der Waals surface area contributed by atoms with E-state index in [4.69, 9.17) is 0 Å². The molecule has 8 heteroatoms. The van der Waals surface area contributed by atoms with Gasteiger partial charge in [-0.05, 0) is 28.1 Å². The zero-order valence-corrected chi connectivity index (χ0v) is 11.3. The van der Waals surface area contributed by atoms with E-state index in [-0.39, 0.29) is 12.3 Å². The van der Waals surface area contributed by atoms with Crippen LogP contribution in [0.1, 0.15) is 5.56 Å². The number of aromatic nitrogens is 6. The van der Waals surface area contributed by atoms with E-state index in [1.807, 2.05) is 24.3 Å². The number of carbonyl (C=O) groups is 1. The number of carbonyl (C=O) groups excluding carboxylic acids is 1. The third-order valence-corrected chi connectivity index (χ3v) is 2.90. The number of hydrogen-bond acceptors (Lipinski definition) is 5. The highest BCUT2D eigenvalue weighted by molar-refractivity contribution is 5.91.